The highest BCUT2D eigenvalue weighted by molar-refractivity contribution is 7.12. The number of thiophene rings is 1. The first kappa shape index (κ1) is 7.51. The van der Waals surface area contributed by atoms with Crippen molar-refractivity contribution in [1.82, 2.24) is 0 Å². The van der Waals surface area contributed by atoms with E-state index in [-0.39, 0.29) is 0 Å². The highest BCUT2D eigenvalue weighted by atomic mass is 35.5. The minimum absolute atomic E-state index is 0.372. The van der Waals surface area contributed by atoms with E-state index in [1.54, 1.807) is 0 Å². The number of hydrogen-bond acceptors (Lipinski definition) is 2. The van der Waals surface area contributed by atoms with E-state index >= 15 is 0 Å². The van der Waals surface area contributed by atoms with Crippen LogP contribution >= 0.6 is 22.9 Å². The molecule has 0 amide bonds. The van der Waals surface area contributed by atoms with E-state index in [1.807, 2.05) is 17.5 Å². The van der Waals surface area contributed by atoms with Gasteiger partial charge in [0.05, 0.1) is 0 Å². The van der Waals surface area contributed by atoms with Gasteiger partial charge in [-0.1, -0.05) is 12.6 Å². The van der Waals surface area contributed by atoms with Gasteiger partial charge in [0.25, 0.3) is 5.24 Å². The fourth-order valence-corrected chi connectivity index (χ4v) is 1.40. The van der Waals surface area contributed by atoms with Crippen molar-refractivity contribution in [3.8, 4) is 0 Å². The average Bonchev–Trinajstić information content (AvgIpc) is 2.36. The van der Waals surface area contributed by atoms with Gasteiger partial charge < -0.3 is 0 Å². The molecule has 0 aliphatic heterocycles. The molecule has 0 atom stereocenters. The maximum absolute atomic E-state index is 10.5. The molecule has 0 aliphatic carbocycles. The van der Waals surface area contributed by atoms with Crippen LogP contribution in [0.15, 0.2) is 24.1 Å². The first-order chi connectivity index (χ1) is 4.72. The number of carbonyl (C=O) groups is 1. The summed E-state index contributed by atoms with van der Waals surface area (Å²) in [5, 5.41) is 1.39. The van der Waals surface area contributed by atoms with Gasteiger partial charge in [0.2, 0.25) is 0 Å². The molecule has 0 N–H and O–H groups in total. The van der Waals surface area contributed by atoms with Crippen LogP contribution in [-0.2, 0) is 4.79 Å². The molecule has 0 fully saturated rings. The molecule has 1 nitrogen and oxygen atoms in total. The molecule has 0 saturated heterocycles. The third-order valence-corrected chi connectivity index (χ3v) is 2.21. The van der Waals surface area contributed by atoms with Crippen molar-refractivity contribution < 1.29 is 4.79 Å². The van der Waals surface area contributed by atoms with Crippen LogP contribution in [0.3, 0.4) is 0 Å². The summed E-state index contributed by atoms with van der Waals surface area (Å²) in [5.41, 5.74) is 0.372. The lowest BCUT2D eigenvalue weighted by atomic mass is 10.3. The van der Waals surface area contributed by atoms with Crippen molar-refractivity contribution in [2.75, 3.05) is 0 Å². The highest BCUT2D eigenvalue weighted by Crippen LogP contribution is 2.19. The molecule has 0 saturated carbocycles. The molecule has 0 unspecified atom stereocenters. The molecule has 1 aromatic heterocycles. The van der Waals surface area contributed by atoms with Crippen molar-refractivity contribution in [2.45, 2.75) is 0 Å². The summed E-state index contributed by atoms with van der Waals surface area (Å²) < 4.78 is 0. The highest BCUT2D eigenvalue weighted by Gasteiger charge is 2.05. The Morgan fingerprint density at radius 1 is 1.70 bits per heavy atom. The minimum Gasteiger partial charge on any atom is -0.276 e. The van der Waals surface area contributed by atoms with E-state index in [0.717, 1.165) is 4.88 Å². The standard InChI is InChI=1S/C7H5ClOS/c1-5(7(8)9)6-3-2-4-10-6/h2-4H,1H2. The Kier molecular flexibility index (Phi) is 2.25. The summed E-state index contributed by atoms with van der Waals surface area (Å²) >= 11 is 6.64. The van der Waals surface area contributed by atoms with Crippen LogP contribution in [0.25, 0.3) is 5.57 Å². The van der Waals surface area contributed by atoms with E-state index in [2.05, 4.69) is 6.58 Å². The fraction of sp³-hybridized carbons (Fsp3) is 0. The molecule has 52 valence electrons. The Bertz CT molecular complexity index is 251. The monoisotopic (exact) mass is 172 g/mol. The Balaban J connectivity index is 2.88. The number of carbonyl (C=O) groups excluding carboxylic acids is 1. The molecule has 0 radical (unpaired) electrons. The Morgan fingerprint density at radius 2 is 2.40 bits per heavy atom. The maximum atomic E-state index is 10.5. The van der Waals surface area contributed by atoms with Crippen LogP contribution in [0.4, 0.5) is 0 Å². The maximum Gasteiger partial charge on any atom is 0.253 e. The predicted octanol–water partition coefficient (Wildman–Crippen LogP) is 2.53. The summed E-state index contributed by atoms with van der Waals surface area (Å²) in [6.45, 7) is 3.53. The van der Waals surface area contributed by atoms with E-state index in [0.29, 0.717) is 5.57 Å². The van der Waals surface area contributed by atoms with Gasteiger partial charge in [0.1, 0.15) is 0 Å². The van der Waals surface area contributed by atoms with Crippen LogP contribution in [0, 0.1) is 0 Å². The molecule has 1 rings (SSSR count). The molecular weight excluding hydrogens is 168 g/mol. The lowest BCUT2D eigenvalue weighted by molar-refractivity contribution is -0.106. The van der Waals surface area contributed by atoms with E-state index < -0.39 is 5.24 Å². The van der Waals surface area contributed by atoms with Gasteiger partial charge in [-0.25, -0.2) is 0 Å². The number of halogens is 1. The second kappa shape index (κ2) is 2.99. The zero-order valence-electron chi connectivity index (χ0n) is 5.13. The third kappa shape index (κ3) is 1.46. The normalized spacial score (nSPS) is 9.30. The molecule has 0 aromatic carbocycles. The minimum atomic E-state index is -0.484. The summed E-state index contributed by atoms with van der Waals surface area (Å²) in [4.78, 5) is 11.3. The van der Waals surface area contributed by atoms with Crippen LogP contribution in [0.2, 0.25) is 0 Å². The summed E-state index contributed by atoms with van der Waals surface area (Å²) in [6.07, 6.45) is 0. The predicted molar refractivity (Wildman–Crippen MR) is 44.2 cm³/mol. The summed E-state index contributed by atoms with van der Waals surface area (Å²) in [7, 11) is 0. The molecular formula is C7H5ClOS. The second-order valence-electron chi connectivity index (χ2n) is 1.73. The van der Waals surface area contributed by atoms with Crippen molar-refractivity contribution in [1.29, 1.82) is 0 Å². The Labute approximate surface area is 67.9 Å². The van der Waals surface area contributed by atoms with Crippen molar-refractivity contribution in [3.63, 3.8) is 0 Å². The van der Waals surface area contributed by atoms with Crippen LogP contribution in [-0.4, -0.2) is 5.24 Å². The van der Waals surface area contributed by atoms with Crippen LogP contribution in [0.5, 0.6) is 0 Å². The van der Waals surface area contributed by atoms with Crippen molar-refractivity contribution in [3.05, 3.63) is 29.0 Å². The van der Waals surface area contributed by atoms with Gasteiger partial charge >= 0.3 is 0 Å². The molecule has 0 spiro atoms. The molecule has 10 heavy (non-hydrogen) atoms. The van der Waals surface area contributed by atoms with Crippen molar-refractivity contribution in [2.24, 2.45) is 0 Å². The van der Waals surface area contributed by atoms with Gasteiger partial charge in [-0.15, -0.1) is 11.3 Å². The zero-order chi connectivity index (χ0) is 7.56. The van der Waals surface area contributed by atoms with Gasteiger partial charge in [-0.2, -0.15) is 0 Å². The van der Waals surface area contributed by atoms with Crippen LogP contribution < -0.4 is 0 Å². The average molecular weight is 173 g/mol. The summed E-state index contributed by atoms with van der Waals surface area (Å²) in [5.74, 6) is 0. The fourth-order valence-electron chi connectivity index (χ4n) is 0.547. The summed E-state index contributed by atoms with van der Waals surface area (Å²) in [6, 6.07) is 3.66. The van der Waals surface area contributed by atoms with Gasteiger partial charge in [-0.3, -0.25) is 4.79 Å². The largest absolute Gasteiger partial charge is 0.276 e. The number of hydrogen-bond donors (Lipinski definition) is 0. The SMILES string of the molecule is C=C(C(=O)Cl)c1cccs1. The molecule has 1 aromatic rings. The lowest BCUT2D eigenvalue weighted by Gasteiger charge is -1.90. The smallest absolute Gasteiger partial charge is 0.253 e. The van der Waals surface area contributed by atoms with E-state index in [4.69, 9.17) is 11.6 Å². The third-order valence-electron chi connectivity index (χ3n) is 1.06. The number of allylic oxidation sites excluding steroid dienone is 1. The molecule has 3 heteroatoms. The first-order valence-corrected chi connectivity index (χ1v) is 3.90. The topological polar surface area (TPSA) is 17.1 Å². The Morgan fingerprint density at radius 3 is 2.80 bits per heavy atom. The lowest BCUT2D eigenvalue weighted by Crippen LogP contribution is -1.86. The molecule has 0 aliphatic rings. The van der Waals surface area contributed by atoms with E-state index in [1.165, 1.54) is 11.3 Å². The van der Waals surface area contributed by atoms with Gasteiger partial charge in [-0.05, 0) is 23.0 Å². The first-order valence-electron chi connectivity index (χ1n) is 2.64. The second-order valence-corrected chi connectivity index (χ2v) is 3.02. The molecule has 0 bridgehead atoms. The van der Waals surface area contributed by atoms with Crippen LogP contribution in [0.1, 0.15) is 4.88 Å². The quantitative estimate of drug-likeness (QED) is 0.495. The van der Waals surface area contributed by atoms with Crippen molar-refractivity contribution >= 4 is 33.8 Å². The Hall–Kier alpha value is -0.600. The van der Waals surface area contributed by atoms with Gasteiger partial charge in [0, 0.05) is 10.5 Å². The van der Waals surface area contributed by atoms with Gasteiger partial charge in [0.15, 0.2) is 0 Å². The number of rotatable bonds is 2. The zero-order valence-corrected chi connectivity index (χ0v) is 6.71. The molecule has 1 heterocycles. The van der Waals surface area contributed by atoms with E-state index in [9.17, 15) is 4.79 Å².